The normalized spacial score (nSPS) is 23.2. The third-order valence-electron chi connectivity index (χ3n) is 8.75. The van der Waals surface area contributed by atoms with Crippen LogP contribution >= 0.6 is 0 Å². The Balaban J connectivity index is 1.37. The van der Waals surface area contributed by atoms with E-state index in [9.17, 15) is 24.3 Å². The molecule has 1 aromatic heterocycles. The first kappa shape index (κ1) is 25.2. The summed E-state index contributed by atoms with van der Waals surface area (Å²) in [7, 11) is 0. The topological polar surface area (TPSA) is 123 Å². The van der Waals surface area contributed by atoms with Crippen molar-refractivity contribution in [2.24, 2.45) is 5.92 Å². The van der Waals surface area contributed by atoms with E-state index in [4.69, 9.17) is 0 Å². The fourth-order valence-electron chi connectivity index (χ4n) is 6.54. The van der Waals surface area contributed by atoms with Gasteiger partial charge in [-0.05, 0) is 42.0 Å². The van der Waals surface area contributed by atoms with Gasteiger partial charge in [-0.1, -0.05) is 56.7 Å². The number of aromatic amines is 1. The number of H-pyrrole nitrogens is 1. The molecule has 9 heteroatoms. The van der Waals surface area contributed by atoms with Crippen LogP contribution in [0.1, 0.15) is 66.3 Å². The number of carbonyl (C=O) groups is 4. The maximum absolute atomic E-state index is 14.1. The number of carbonyl (C=O) groups excluding carboxylic acids is 3. The van der Waals surface area contributed by atoms with Crippen molar-refractivity contribution in [3.8, 4) is 0 Å². The fraction of sp³-hybridized carbons (Fsp3) is 0.400. The van der Waals surface area contributed by atoms with Crippen molar-refractivity contribution in [1.82, 2.24) is 20.1 Å². The summed E-state index contributed by atoms with van der Waals surface area (Å²) in [5.74, 6) is -2.24. The monoisotopic (exact) mass is 528 g/mol. The molecule has 1 saturated heterocycles. The molecule has 39 heavy (non-hydrogen) atoms. The summed E-state index contributed by atoms with van der Waals surface area (Å²) < 4.78 is 0. The van der Waals surface area contributed by atoms with E-state index in [-0.39, 0.29) is 17.7 Å². The number of para-hydroxylation sites is 1. The number of aliphatic carboxylic acids is 1. The number of nitrogens with one attached hydrogen (secondary N) is 2. The molecule has 3 aliphatic heterocycles. The van der Waals surface area contributed by atoms with Gasteiger partial charge < -0.3 is 25.2 Å². The van der Waals surface area contributed by atoms with Crippen LogP contribution in [0.5, 0.6) is 0 Å². The Kier molecular flexibility index (Phi) is 6.16. The van der Waals surface area contributed by atoms with E-state index in [1.807, 2.05) is 56.3 Å². The number of amides is 3. The molecule has 0 radical (unpaired) electrons. The molecule has 2 aromatic carbocycles. The van der Waals surface area contributed by atoms with Gasteiger partial charge in [0.2, 0.25) is 11.8 Å². The summed E-state index contributed by atoms with van der Waals surface area (Å²) in [6.45, 7) is 4.17. The van der Waals surface area contributed by atoms with E-state index in [0.29, 0.717) is 37.8 Å². The second kappa shape index (κ2) is 9.55. The van der Waals surface area contributed by atoms with Crippen molar-refractivity contribution in [3.63, 3.8) is 0 Å². The van der Waals surface area contributed by atoms with Gasteiger partial charge >= 0.3 is 5.97 Å². The second-order valence-corrected chi connectivity index (χ2v) is 10.9. The molecule has 4 heterocycles. The quantitative estimate of drug-likeness (QED) is 0.453. The third kappa shape index (κ3) is 3.90. The summed E-state index contributed by atoms with van der Waals surface area (Å²) >= 11 is 0. The largest absolute Gasteiger partial charge is 0.480 e. The Morgan fingerprint density at radius 1 is 1.10 bits per heavy atom. The molecule has 0 bridgehead atoms. The Bertz CT molecular complexity index is 1500. The van der Waals surface area contributed by atoms with Crippen molar-refractivity contribution in [2.45, 2.75) is 63.7 Å². The highest BCUT2D eigenvalue weighted by Gasteiger charge is 2.50. The zero-order valence-corrected chi connectivity index (χ0v) is 22.0. The van der Waals surface area contributed by atoms with Gasteiger partial charge in [-0.15, -0.1) is 0 Å². The minimum Gasteiger partial charge on any atom is -0.480 e. The average Bonchev–Trinajstić information content (AvgIpc) is 3.65. The number of aromatic nitrogens is 1. The van der Waals surface area contributed by atoms with E-state index >= 15 is 0 Å². The molecule has 3 amide bonds. The van der Waals surface area contributed by atoms with Gasteiger partial charge in [0.05, 0.1) is 6.04 Å². The minimum atomic E-state index is -1.03. The molecular weight excluding hydrogens is 496 g/mol. The fourth-order valence-corrected chi connectivity index (χ4v) is 6.54. The molecule has 202 valence electrons. The summed E-state index contributed by atoms with van der Waals surface area (Å²) in [6, 6.07) is 12.3. The molecule has 9 nitrogen and oxygen atoms in total. The van der Waals surface area contributed by atoms with Gasteiger partial charge in [0.25, 0.3) is 5.91 Å². The summed E-state index contributed by atoms with van der Waals surface area (Å²) in [5, 5.41) is 13.6. The maximum atomic E-state index is 14.1. The number of carboxylic acids is 1. The summed E-state index contributed by atoms with van der Waals surface area (Å²) in [5.41, 5.74) is 4.27. The van der Waals surface area contributed by atoms with Crippen LogP contribution in [-0.4, -0.2) is 68.3 Å². The highest BCUT2D eigenvalue weighted by Crippen LogP contribution is 2.46. The predicted octanol–water partition coefficient (Wildman–Crippen LogP) is 3.24. The lowest BCUT2D eigenvalue weighted by Crippen LogP contribution is -2.59. The average molecular weight is 529 g/mol. The molecule has 0 saturated carbocycles. The molecule has 3 N–H and O–H groups in total. The molecule has 0 spiro atoms. The number of likely N-dealkylation sites (tertiary alicyclic amines) is 1. The highest BCUT2D eigenvalue weighted by molar-refractivity contribution is 6.04. The maximum Gasteiger partial charge on any atom is 0.326 e. The Hall–Kier alpha value is -4.14. The third-order valence-corrected chi connectivity index (χ3v) is 8.75. The van der Waals surface area contributed by atoms with Crippen molar-refractivity contribution in [3.05, 3.63) is 70.9 Å². The molecule has 3 aliphatic rings. The van der Waals surface area contributed by atoms with Gasteiger partial charge in [-0.25, -0.2) is 4.79 Å². The van der Waals surface area contributed by atoms with Gasteiger partial charge in [0, 0.05) is 35.1 Å². The van der Waals surface area contributed by atoms with Crippen LogP contribution in [0.15, 0.2) is 48.5 Å². The molecule has 3 aromatic rings. The van der Waals surface area contributed by atoms with Gasteiger partial charge in [-0.3, -0.25) is 14.4 Å². The minimum absolute atomic E-state index is 0.211. The number of carboxylic acid groups (broad SMARTS) is 1. The van der Waals surface area contributed by atoms with E-state index in [2.05, 4.69) is 10.3 Å². The van der Waals surface area contributed by atoms with E-state index in [1.54, 1.807) is 11.0 Å². The number of hydrogen-bond acceptors (Lipinski definition) is 4. The van der Waals surface area contributed by atoms with Gasteiger partial charge in [-0.2, -0.15) is 0 Å². The zero-order valence-electron chi connectivity index (χ0n) is 22.0. The first-order chi connectivity index (χ1) is 18.8. The van der Waals surface area contributed by atoms with E-state index < -0.39 is 36.0 Å². The van der Waals surface area contributed by atoms with Gasteiger partial charge in [0.15, 0.2) is 0 Å². The SMILES string of the molecule is CC[C@@H](C)[C@H](NC(=O)[C@@H]1Cc2c([nH]c3ccccc23)[C@H]2c3ccccc3C(=O)N21)C(=O)N1CCC[C@@H]1C(=O)O. The first-order valence-electron chi connectivity index (χ1n) is 13.7. The van der Waals surface area contributed by atoms with Crippen molar-refractivity contribution >= 4 is 34.6 Å². The second-order valence-electron chi connectivity index (χ2n) is 10.9. The number of rotatable bonds is 6. The molecule has 5 atom stereocenters. The van der Waals surface area contributed by atoms with Crippen molar-refractivity contribution in [1.29, 1.82) is 0 Å². The van der Waals surface area contributed by atoms with Crippen LogP contribution in [0.4, 0.5) is 0 Å². The van der Waals surface area contributed by atoms with Crippen LogP contribution in [0.2, 0.25) is 0 Å². The number of hydrogen-bond donors (Lipinski definition) is 3. The smallest absolute Gasteiger partial charge is 0.326 e. The molecular formula is C30H32N4O5. The number of benzene rings is 2. The standard InChI is InChI=1S/C30H32N4O5/c1-3-16(2)24(29(37)33-14-8-13-22(33)30(38)39)32-27(35)23-15-20-17-9-6-7-12-21(17)31-25(20)26-18-10-4-5-11-19(18)28(36)34(23)26/h4-7,9-12,16,22-24,26,31H,3,8,13-15H2,1-2H3,(H,32,35)(H,38,39)/t16-,22-,23+,24+,26-/m1/s1. The first-order valence-corrected chi connectivity index (χ1v) is 13.7. The van der Waals surface area contributed by atoms with E-state index in [0.717, 1.165) is 27.7 Å². The Morgan fingerprint density at radius 2 is 1.85 bits per heavy atom. The molecule has 0 aliphatic carbocycles. The van der Waals surface area contributed by atoms with Crippen LogP contribution in [-0.2, 0) is 20.8 Å². The van der Waals surface area contributed by atoms with Gasteiger partial charge in [0.1, 0.15) is 18.1 Å². The number of nitrogens with zero attached hydrogens (tertiary/aromatic N) is 2. The lowest BCUT2D eigenvalue weighted by atomic mass is 9.89. The van der Waals surface area contributed by atoms with Crippen LogP contribution < -0.4 is 5.32 Å². The summed E-state index contributed by atoms with van der Waals surface area (Å²) in [4.78, 5) is 59.7. The lowest BCUT2D eigenvalue weighted by molar-refractivity contribution is -0.150. The molecule has 1 fully saturated rings. The molecule has 6 rings (SSSR count). The van der Waals surface area contributed by atoms with Crippen LogP contribution in [0.25, 0.3) is 10.9 Å². The van der Waals surface area contributed by atoms with Crippen molar-refractivity contribution < 1.29 is 24.3 Å². The van der Waals surface area contributed by atoms with Crippen LogP contribution in [0, 0.1) is 5.92 Å². The highest BCUT2D eigenvalue weighted by atomic mass is 16.4. The van der Waals surface area contributed by atoms with Crippen molar-refractivity contribution in [2.75, 3.05) is 6.54 Å². The number of fused-ring (bicyclic) bond motifs is 7. The zero-order chi connectivity index (χ0) is 27.4. The lowest BCUT2D eigenvalue weighted by Gasteiger charge is -2.38. The van der Waals surface area contributed by atoms with Crippen LogP contribution in [0.3, 0.4) is 0 Å². The summed E-state index contributed by atoms with van der Waals surface area (Å²) in [6.07, 6.45) is 1.94. The predicted molar refractivity (Wildman–Crippen MR) is 144 cm³/mol. The Labute approximate surface area is 226 Å². The Morgan fingerprint density at radius 3 is 2.62 bits per heavy atom. The van der Waals surface area contributed by atoms with E-state index in [1.165, 1.54) is 4.90 Å². The molecule has 0 unspecified atom stereocenters.